The van der Waals surface area contributed by atoms with E-state index in [0.717, 1.165) is 25.9 Å². The second-order valence-electron chi connectivity index (χ2n) is 5.17. The molecule has 0 aromatic heterocycles. The van der Waals surface area contributed by atoms with Crippen molar-refractivity contribution in [3.63, 3.8) is 0 Å². The number of carbonyl (C=O) groups is 2. The van der Waals surface area contributed by atoms with E-state index in [9.17, 15) is 9.59 Å². The number of rotatable bonds is 4. The van der Waals surface area contributed by atoms with E-state index in [1.54, 1.807) is 12.1 Å². The molecule has 114 valence electrons. The number of methoxy groups -OCH3 is 1. The first-order valence-corrected chi connectivity index (χ1v) is 7.36. The number of carbonyl (C=O) groups excluding carboxylic acids is 2. The number of anilines is 1. The van der Waals surface area contributed by atoms with Gasteiger partial charge in [0.15, 0.2) is 0 Å². The number of amides is 1. The summed E-state index contributed by atoms with van der Waals surface area (Å²) in [5.41, 5.74) is 0.837. The molecule has 1 amide bonds. The fraction of sp³-hybridized carbons (Fsp3) is 0.467. The van der Waals surface area contributed by atoms with Crippen LogP contribution in [0.2, 0.25) is 5.02 Å². The Kier molecular flexibility index (Phi) is 5.59. The van der Waals surface area contributed by atoms with Crippen molar-refractivity contribution in [2.24, 2.45) is 5.92 Å². The van der Waals surface area contributed by atoms with Crippen LogP contribution in [0.4, 0.5) is 5.69 Å². The van der Waals surface area contributed by atoms with Crippen molar-refractivity contribution < 1.29 is 14.3 Å². The molecule has 1 aromatic carbocycles. The molecule has 0 atom stereocenters. The Morgan fingerprint density at radius 2 is 2.05 bits per heavy atom. The van der Waals surface area contributed by atoms with Crippen LogP contribution in [0.3, 0.4) is 0 Å². The van der Waals surface area contributed by atoms with Gasteiger partial charge in [-0.3, -0.25) is 4.79 Å². The maximum atomic E-state index is 12.1. The summed E-state index contributed by atoms with van der Waals surface area (Å²) in [4.78, 5) is 23.6. The van der Waals surface area contributed by atoms with Crippen molar-refractivity contribution in [2.75, 3.05) is 25.5 Å². The summed E-state index contributed by atoms with van der Waals surface area (Å²) >= 11 is 5.96. The van der Waals surface area contributed by atoms with E-state index in [1.807, 2.05) is 0 Å². The van der Waals surface area contributed by atoms with Gasteiger partial charge in [0.25, 0.3) is 0 Å². The van der Waals surface area contributed by atoms with Crippen LogP contribution in [0.15, 0.2) is 18.2 Å². The van der Waals surface area contributed by atoms with Crippen LogP contribution in [0.25, 0.3) is 0 Å². The maximum Gasteiger partial charge on any atom is 0.337 e. The minimum Gasteiger partial charge on any atom is -0.465 e. The minimum atomic E-state index is -0.480. The van der Waals surface area contributed by atoms with Gasteiger partial charge in [0.2, 0.25) is 5.91 Å². The van der Waals surface area contributed by atoms with Crippen molar-refractivity contribution in [3.05, 3.63) is 28.8 Å². The molecule has 1 aliphatic heterocycles. The quantitative estimate of drug-likeness (QED) is 0.838. The normalized spacial score (nSPS) is 15.5. The van der Waals surface area contributed by atoms with Crippen molar-refractivity contribution in [2.45, 2.75) is 19.3 Å². The lowest BCUT2D eigenvalue weighted by Crippen LogP contribution is -2.30. The number of ether oxygens (including phenoxy) is 1. The Bertz CT molecular complexity index is 528. The number of hydrogen-bond donors (Lipinski definition) is 2. The Morgan fingerprint density at radius 3 is 2.71 bits per heavy atom. The molecule has 2 rings (SSSR count). The molecule has 0 spiro atoms. The lowest BCUT2D eigenvalue weighted by atomic mass is 9.94. The first-order valence-electron chi connectivity index (χ1n) is 6.98. The lowest BCUT2D eigenvalue weighted by Gasteiger charge is -2.22. The summed E-state index contributed by atoms with van der Waals surface area (Å²) in [6.45, 7) is 1.92. The largest absolute Gasteiger partial charge is 0.465 e. The Labute approximate surface area is 129 Å². The molecular formula is C15H19ClN2O3. The van der Waals surface area contributed by atoms with Crippen LogP contribution in [0, 0.1) is 5.92 Å². The third-order valence-electron chi connectivity index (χ3n) is 3.54. The molecule has 0 aliphatic carbocycles. The summed E-state index contributed by atoms with van der Waals surface area (Å²) in [6, 6.07) is 4.70. The molecule has 0 saturated carbocycles. The molecule has 1 saturated heterocycles. The number of piperidine rings is 1. The van der Waals surface area contributed by atoms with E-state index in [1.165, 1.54) is 13.2 Å². The molecule has 0 bridgehead atoms. The monoisotopic (exact) mass is 310 g/mol. The zero-order chi connectivity index (χ0) is 15.2. The smallest absolute Gasteiger partial charge is 0.337 e. The van der Waals surface area contributed by atoms with Crippen molar-refractivity contribution >= 4 is 29.2 Å². The topological polar surface area (TPSA) is 67.4 Å². The second kappa shape index (κ2) is 7.43. The summed E-state index contributed by atoms with van der Waals surface area (Å²) in [5.74, 6) is -0.128. The van der Waals surface area contributed by atoms with E-state index >= 15 is 0 Å². The maximum absolute atomic E-state index is 12.1. The number of benzene rings is 1. The van der Waals surface area contributed by atoms with E-state index in [-0.39, 0.29) is 5.91 Å². The average molecular weight is 311 g/mol. The van der Waals surface area contributed by atoms with Crippen LogP contribution in [0.5, 0.6) is 0 Å². The Hall–Kier alpha value is -1.59. The van der Waals surface area contributed by atoms with Gasteiger partial charge in [-0.15, -0.1) is 0 Å². The predicted molar refractivity (Wildman–Crippen MR) is 81.6 cm³/mol. The fourth-order valence-electron chi connectivity index (χ4n) is 2.46. The highest BCUT2D eigenvalue weighted by Gasteiger charge is 2.17. The molecule has 5 nitrogen and oxygen atoms in total. The first kappa shape index (κ1) is 15.8. The van der Waals surface area contributed by atoms with E-state index in [4.69, 9.17) is 11.6 Å². The number of hydrogen-bond acceptors (Lipinski definition) is 4. The first-order chi connectivity index (χ1) is 10.1. The molecule has 0 radical (unpaired) electrons. The van der Waals surface area contributed by atoms with Gasteiger partial charge in [0, 0.05) is 17.1 Å². The molecule has 1 heterocycles. The van der Waals surface area contributed by atoms with Gasteiger partial charge in [-0.2, -0.15) is 0 Å². The average Bonchev–Trinajstić information content (AvgIpc) is 2.46. The van der Waals surface area contributed by atoms with Gasteiger partial charge in [-0.25, -0.2) is 4.79 Å². The zero-order valence-electron chi connectivity index (χ0n) is 11.9. The standard InChI is InChI=1S/C15H19ClN2O3/c1-21-15(20)11-7-12(16)9-13(8-11)18-14(19)6-10-2-4-17-5-3-10/h7-10,17H,2-6H2,1H3,(H,18,19). The minimum absolute atomic E-state index is 0.0556. The second-order valence-corrected chi connectivity index (χ2v) is 5.60. The third-order valence-corrected chi connectivity index (χ3v) is 3.75. The van der Waals surface area contributed by atoms with Crippen LogP contribution in [-0.4, -0.2) is 32.1 Å². The molecule has 2 N–H and O–H groups in total. The van der Waals surface area contributed by atoms with Crippen molar-refractivity contribution in [1.82, 2.24) is 5.32 Å². The SMILES string of the molecule is COC(=O)c1cc(Cl)cc(NC(=O)CC2CCNCC2)c1. The number of nitrogens with one attached hydrogen (secondary N) is 2. The Balaban J connectivity index is 1.99. The summed E-state index contributed by atoms with van der Waals surface area (Å²) in [7, 11) is 1.30. The molecule has 0 unspecified atom stereocenters. The lowest BCUT2D eigenvalue weighted by molar-refractivity contribution is -0.117. The van der Waals surface area contributed by atoms with Gasteiger partial charge in [0.05, 0.1) is 12.7 Å². The van der Waals surface area contributed by atoms with E-state index in [0.29, 0.717) is 28.6 Å². The van der Waals surface area contributed by atoms with Gasteiger partial charge in [0.1, 0.15) is 0 Å². The summed E-state index contributed by atoms with van der Waals surface area (Å²) in [6.07, 6.45) is 2.51. The van der Waals surface area contributed by atoms with E-state index < -0.39 is 5.97 Å². The molecular weight excluding hydrogens is 292 g/mol. The van der Waals surface area contributed by atoms with Crippen LogP contribution >= 0.6 is 11.6 Å². The van der Waals surface area contributed by atoms with E-state index in [2.05, 4.69) is 15.4 Å². The van der Waals surface area contributed by atoms with Crippen molar-refractivity contribution in [3.8, 4) is 0 Å². The van der Waals surface area contributed by atoms with Crippen LogP contribution in [0.1, 0.15) is 29.6 Å². The van der Waals surface area contributed by atoms with Gasteiger partial charge in [-0.05, 0) is 50.0 Å². The Morgan fingerprint density at radius 1 is 1.33 bits per heavy atom. The fourth-order valence-corrected chi connectivity index (χ4v) is 2.69. The van der Waals surface area contributed by atoms with Crippen molar-refractivity contribution in [1.29, 1.82) is 0 Å². The molecule has 1 fully saturated rings. The third kappa shape index (κ3) is 4.72. The summed E-state index contributed by atoms with van der Waals surface area (Å²) < 4.78 is 4.66. The van der Waals surface area contributed by atoms with Gasteiger partial charge in [-0.1, -0.05) is 11.6 Å². The zero-order valence-corrected chi connectivity index (χ0v) is 12.7. The highest BCUT2D eigenvalue weighted by molar-refractivity contribution is 6.31. The van der Waals surface area contributed by atoms with Gasteiger partial charge < -0.3 is 15.4 Å². The molecule has 1 aromatic rings. The highest BCUT2D eigenvalue weighted by atomic mass is 35.5. The molecule has 21 heavy (non-hydrogen) atoms. The van der Waals surface area contributed by atoms with Crippen LogP contribution in [-0.2, 0) is 9.53 Å². The predicted octanol–water partition coefficient (Wildman–Crippen LogP) is 2.45. The molecule has 1 aliphatic rings. The number of halogens is 1. The van der Waals surface area contributed by atoms with Crippen LogP contribution < -0.4 is 10.6 Å². The molecule has 6 heteroatoms. The number of esters is 1. The van der Waals surface area contributed by atoms with Gasteiger partial charge >= 0.3 is 5.97 Å². The highest BCUT2D eigenvalue weighted by Crippen LogP contribution is 2.21. The summed E-state index contributed by atoms with van der Waals surface area (Å²) in [5, 5.41) is 6.45.